The van der Waals surface area contributed by atoms with Gasteiger partial charge in [0, 0.05) is 47.4 Å². The van der Waals surface area contributed by atoms with Gasteiger partial charge in [0.05, 0.1) is 51.9 Å². The molecule has 15 nitrogen and oxygen atoms in total. The molecule has 3 saturated carbocycles. The van der Waals surface area contributed by atoms with E-state index in [1.807, 2.05) is 22.6 Å². The Morgan fingerprint density at radius 1 is 0.899 bits per heavy atom. The third kappa shape index (κ3) is 6.17. The Morgan fingerprint density at radius 3 is 2.32 bits per heavy atom. The SMILES string of the molecule is Cc1cc(-n2nc3c(c2-n2ccn(-c4ccc5c(cnn5C5CC5)c4F)c2=O)[C@H](C)N(C(=O)c2cc4cc([C@H]5CCOC(C)(C)C5)ccc4n2[C@@]2(c4noc(=O)[nH]4)C[C@@H]2C)CC32CC2)cc(C)c1F. The number of aryl methyl sites for hydroxylation is 2. The summed E-state index contributed by atoms with van der Waals surface area (Å²) in [5.41, 5.74) is 3.81. The molecule has 17 heteroatoms. The first kappa shape index (κ1) is 42.2. The fraction of sp³-hybridized carbons (Fsp3) is 0.423. The second kappa shape index (κ2) is 14.3. The molecule has 354 valence electrons. The van der Waals surface area contributed by atoms with E-state index in [9.17, 15) is 9.59 Å². The number of rotatable bonds is 8. The minimum absolute atomic E-state index is 0.000164. The molecule has 8 aromatic rings. The number of imidazole rings is 1. The van der Waals surface area contributed by atoms with Crippen LogP contribution in [0.1, 0.15) is 135 Å². The zero-order chi connectivity index (χ0) is 47.6. The maximum atomic E-state index is 16.5. The maximum absolute atomic E-state index is 16.5. The Bertz CT molecular complexity index is 3590. The van der Waals surface area contributed by atoms with Gasteiger partial charge in [0.1, 0.15) is 22.9 Å². The molecule has 5 aromatic heterocycles. The highest BCUT2D eigenvalue weighted by atomic mass is 19.1. The van der Waals surface area contributed by atoms with Crippen molar-refractivity contribution in [2.24, 2.45) is 5.92 Å². The zero-order valence-corrected chi connectivity index (χ0v) is 39.3. The Kier molecular flexibility index (Phi) is 8.78. The molecule has 4 fully saturated rings. The van der Waals surface area contributed by atoms with Gasteiger partial charge in [-0.25, -0.2) is 23.1 Å². The highest BCUT2D eigenvalue weighted by Gasteiger charge is 2.60. The van der Waals surface area contributed by atoms with Crippen LogP contribution in [0.25, 0.3) is 39.0 Å². The molecule has 1 spiro atoms. The summed E-state index contributed by atoms with van der Waals surface area (Å²) in [4.78, 5) is 48.1. The molecule has 13 rings (SSSR count). The van der Waals surface area contributed by atoms with Crippen molar-refractivity contribution in [3.8, 4) is 17.2 Å². The van der Waals surface area contributed by atoms with E-state index in [2.05, 4.69) is 58.8 Å². The number of H-pyrrole nitrogens is 1. The van der Waals surface area contributed by atoms with Gasteiger partial charge < -0.3 is 14.2 Å². The van der Waals surface area contributed by atoms with Crippen LogP contribution in [0, 0.1) is 31.4 Å². The molecule has 3 aromatic carbocycles. The summed E-state index contributed by atoms with van der Waals surface area (Å²) in [6, 6.07) is 14.8. The van der Waals surface area contributed by atoms with Crippen molar-refractivity contribution in [1.29, 1.82) is 0 Å². The average Bonchev–Trinajstić information content (AvgIpc) is 4.21. The monoisotopic (exact) mass is 934 g/mol. The molecule has 4 atom stereocenters. The third-order valence-corrected chi connectivity index (χ3v) is 16.1. The summed E-state index contributed by atoms with van der Waals surface area (Å²) < 4.78 is 51.4. The van der Waals surface area contributed by atoms with Crippen LogP contribution in [0.5, 0.6) is 0 Å². The summed E-state index contributed by atoms with van der Waals surface area (Å²) in [6.45, 7) is 12.7. The van der Waals surface area contributed by atoms with E-state index < -0.39 is 34.3 Å². The number of carbonyl (C=O) groups is 1. The predicted octanol–water partition coefficient (Wildman–Crippen LogP) is 8.73. The van der Waals surface area contributed by atoms with E-state index in [-0.39, 0.29) is 40.9 Å². The molecule has 3 aliphatic carbocycles. The highest BCUT2D eigenvalue weighted by molar-refractivity contribution is 6.00. The minimum atomic E-state index is -0.859. The van der Waals surface area contributed by atoms with Gasteiger partial charge in [-0.3, -0.25) is 28.1 Å². The van der Waals surface area contributed by atoms with Gasteiger partial charge >= 0.3 is 11.4 Å². The molecule has 2 aliphatic heterocycles. The first-order chi connectivity index (χ1) is 33.1. The van der Waals surface area contributed by atoms with Crippen molar-refractivity contribution in [3.05, 3.63) is 139 Å². The summed E-state index contributed by atoms with van der Waals surface area (Å²) in [5, 5.41) is 15.2. The number of hydrogen-bond donors (Lipinski definition) is 1. The average molecular weight is 935 g/mol. The number of halogens is 2. The number of benzene rings is 3. The lowest BCUT2D eigenvalue weighted by molar-refractivity contribution is -0.0592. The maximum Gasteiger partial charge on any atom is 0.438 e. The Hall–Kier alpha value is -6.88. The van der Waals surface area contributed by atoms with Crippen LogP contribution in [0.15, 0.2) is 81.2 Å². The molecule has 1 N–H and O–H groups in total. The first-order valence-corrected chi connectivity index (χ1v) is 24.1. The van der Waals surface area contributed by atoms with Crippen LogP contribution in [-0.4, -0.2) is 73.0 Å². The fourth-order valence-electron chi connectivity index (χ4n) is 12.0. The second-order valence-electron chi connectivity index (χ2n) is 21.2. The molecule has 7 heterocycles. The minimum Gasteiger partial charge on any atom is -0.376 e. The number of aromatic nitrogens is 9. The summed E-state index contributed by atoms with van der Waals surface area (Å²) in [6.07, 6.45) is 10.5. The van der Waals surface area contributed by atoms with Crippen molar-refractivity contribution in [2.45, 2.75) is 121 Å². The molecule has 0 radical (unpaired) electrons. The summed E-state index contributed by atoms with van der Waals surface area (Å²) in [7, 11) is 0. The van der Waals surface area contributed by atoms with Gasteiger partial charge in [-0.15, -0.1) is 0 Å². The summed E-state index contributed by atoms with van der Waals surface area (Å²) in [5.74, 6) is -0.778. The van der Waals surface area contributed by atoms with Gasteiger partial charge in [-0.1, -0.05) is 18.1 Å². The number of ether oxygens (including phenoxy) is 1. The van der Waals surface area contributed by atoms with Gasteiger partial charge in [-0.05, 0) is 151 Å². The second-order valence-corrected chi connectivity index (χ2v) is 21.2. The summed E-state index contributed by atoms with van der Waals surface area (Å²) >= 11 is 0. The van der Waals surface area contributed by atoms with Crippen molar-refractivity contribution in [2.75, 3.05) is 13.2 Å². The third-order valence-electron chi connectivity index (χ3n) is 16.1. The number of nitrogens with zero attached hydrogens (tertiary/aromatic N) is 9. The van der Waals surface area contributed by atoms with E-state index in [0.29, 0.717) is 70.2 Å². The normalized spacial score (nSPS) is 23.6. The van der Waals surface area contributed by atoms with E-state index in [4.69, 9.17) is 14.4 Å². The molecule has 5 aliphatic rings. The Morgan fingerprint density at radius 2 is 1.64 bits per heavy atom. The first-order valence-electron chi connectivity index (χ1n) is 24.1. The van der Waals surface area contributed by atoms with Crippen molar-refractivity contribution in [3.63, 3.8) is 0 Å². The topological polar surface area (TPSA) is 156 Å². The van der Waals surface area contributed by atoms with Crippen LogP contribution < -0.4 is 11.4 Å². The number of carbonyl (C=O) groups excluding carboxylic acids is 1. The van der Waals surface area contributed by atoms with Crippen LogP contribution in [-0.2, 0) is 15.7 Å². The lowest BCUT2D eigenvalue weighted by Crippen LogP contribution is -2.45. The van der Waals surface area contributed by atoms with Gasteiger partial charge in [0.15, 0.2) is 11.6 Å². The van der Waals surface area contributed by atoms with Crippen molar-refractivity contribution in [1.82, 2.24) is 48.3 Å². The molecular weight excluding hydrogens is 883 g/mol. The predicted molar refractivity (Wildman–Crippen MR) is 252 cm³/mol. The smallest absolute Gasteiger partial charge is 0.376 e. The zero-order valence-electron chi connectivity index (χ0n) is 39.3. The fourth-order valence-corrected chi connectivity index (χ4v) is 12.0. The highest BCUT2D eigenvalue weighted by Crippen LogP contribution is 2.58. The number of hydrogen-bond acceptors (Lipinski definition) is 8. The molecule has 1 amide bonds. The van der Waals surface area contributed by atoms with Crippen molar-refractivity contribution < 1.29 is 22.8 Å². The van der Waals surface area contributed by atoms with Crippen LogP contribution in [0.4, 0.5) is 8.78 Å². The van der Waals surface area contributed by atoms with E-state index in [1.165, 1.54) is 20.9 Å². The van der Waals surface area contributed by atoms with E-state index in [1.54, 1.807) is 55.2 Å². The molecule has 0 bridgehead atoms. The Balaban J connectivity index is 0.974. The number of nitrogens with one attached hydrogen (secondary N) is 1. The van der Waals surface area contributed by atoms with Gasteiger partial charge in [0.25, 0.3) is 5.91 Å². The number of amides is 1. The van der Waals surface area contributed by atoms with Gasteiger partial charge in [-0.2, -0.15) is 10.2 Å². The largest absolute Gasteiger partial charge is 0.438 e. The lowest BCUT2D eigenvalue weighted by atomic mass is 9.83. The molecule has 69 heavy (non-hydrogen) atoms. The van der Waals surface area contributed by atoms with Crippen molar-refractivity contribution >= 4 is 27.7 Å². The van der Waals surface area contributed by atoms with Crippen LogP contribution in [0.2, 0.25) is 0 Å². The van der Waals surface area contributed by atoms with E-state index >= 15 is 13.6 Å². The van der Waals surface area contributed by atoms with Gasteiger partial charge in [0.2, 0.25) is 0 Å². The van der Waals surface area contributed by atoms with Crippen LogP contribution in [0.3, 0.4) is 0 Å². The van der Waals surface area contributed by atoms with Crippen LogP contribution >= 0.6 is 0 Å². The number of aromatic amines is 1. The molecule has 0 unspecified atom stereocenters. The quantitative estimate of drug-likeness (QED) is 0.159. The lowest BCUT2D eigenvalue weighted by Gasteiger charge is -2.38. The molecule has 1 saturated heterocycles. The number of fused-ring (bicyclic) bond motifs is 4. The molecular formula is C52H52F2N10O5. The Labute approximate surface area is 394 Å². The van der Waals surface area contributed by atoms with E-state index in [0.717, 1.165) is 55.1 Å². The standard InChI is InChI=1S/C52H52F2N10O5/c1-27-19-35(20-28(2)42(27)53)64-45(60-17-16-59(49(60)67)39-12-11-38-36(43(39)54)25-55-63(38)34-8-9-34)41-30(4)61(26-51(14-15-51)44(41)57-64)46(65)40-22-33-21-31(32-13-18-68-50(5,6)24-32)7-10-37(33)62(40)52(23-29(52)3)47-56-48(66)69-58-47/h7,10-12,16-17,19-22,25,29-30,32,34H,8-9,13-15,18,23-24,26H2,1-6H3,(H,56,58,66)/t29-,30-,32-,52-/m0/s1.